The topological polar surface area (TPSA) is 12.0 Å². The van der Waals surface area contributed by atoms with Crippen LogP contribution in [-0.4, -0.2) is 6.54 Å². The summed E-state index contributed by atoms with van der Waals surface area (Å²) >= 11 is 1.87. The Morgan fingerprint density at radius 1 is 1.41 bits per heavy atom. The van der Waals surface area contributed by atoms with E-state index in [4.69, 9.17) is 0 Å². The largest absolute Gasteiger partial charge is 0.309 e. The Morgan fingerprint density at radius 3 is 2.94 bits per heavy atom. The van der Waals surface area contributed by atoms with Crippen LogP contribution in [0.4, 0.5) is 0 Å². The minimum Gasteiger partial charge on any atom is -0.309 e. The van der Waals surface area contributed by atoms with Gasteiger partial charge in [0.25, 0.3) is 0 Å². The first-order valence-corrected chi connectivity index (χ1v) is 7.64. The SMILES string of the molecule is C=CCCCCCNC(CCC)c1cccs1. The molecule has 0 amide bonds. The van der Waals surface area contributed by atoms with Gasteiger partial charge in [-0.3, -0.25) is 0 Å². The van der Waals surface area contributed by atoms with Crippen LogP contribution < -0.4 is 5.32 Å². The second kappa shape index (κ2) is 9.43. The lowest BCUT2D eigenvalue weighted by atomic mass is 10.1. The minimum atomic E-state index is 0.569. The lowest BCUT2D eigenvalue weighted by Crippen LogP contribution is -2.21. The third-order valence-electron chi connectivity index (χ3n) is 2.94. The Balaban J connectivity index is 2.19. The lowest BCUT2D eigenvalue weighted by molar-refractivity contribution is 0.485. The number of allylic oxidation sites excluding steroid dienone is 1. The summed E-state index contributed by atoms with van der Waals surface area (Å²) in [5.41, 5.74) is 0. The summed E-state index contributed by atoms with van der Waals surface area (Å²) in [6, 6.07) is 4.96. The lowest BCUT2D eigenvalue weighted by Gasteiger charge is -2.16. The van der Waals surface area contributed by atoms with Crippen molar-refractivity contribution in [2.24, 2.45) is 0 Å². The molecule has 2 heteroatoms. The predicted octanol–water partition coefficient (Wildman–Crippen LogP) is 4.93. The van der Waals surface area contributed by atoms with Gasteiger partial charge < -0.3 is 5.32 Å². The van der Waals surface area contributed by atoms with E-state index in [2.05, 4.69) is 36.3 Å². The number of unbranched alkanes of at least 4 members (excludes halogenated alkanes) is 3. The molecule has 0 fully saturated rings. The van der Waals surface area contributed by atoms with Crippen LogP contribution in [-0.2, 0) is 0 Å². The fourth-order valence-corrected chi connectivity index (χ4v) is 2.83. The maximum absolute atomic E-state index is 3.75. The number of hydrogen-bond donors (Lipinski definition) is 1. The Kier molecular flexibility index (Phi) is 8.02. The van der Waals surface area contributed by atoms with Crippen molar-refractivity contribution in [3.63, 3.8) is 0 Å². The first-order valence-electron chi connectivity index (χ1n) is 6.76. The van der Waals surface area contributed by atoms with Crippen molar-refractivity contribution < 1.29 is 0 Å². The molecule has 0 aliphatic heterocycles. The summed E-state index contributed by atoms with van der Waals surface area (Å²) < 4.78 is 0. The van der Waals surface area contributed by atoms with Crippen LogP contribution in [0.1, 0.15) is 56.4 Å². The Labute approximate surface area is 110 Å². The average molecular weight is 251 g/mol. The summed E-state index contributed by atoms with van der Waals surface area (Å²) in [6.45, 7) is 7.15. The third kappa shape index (κ3) is 6.04. The summed E-state index contributed by atoms with van der Waals surface area (Å²) in [4.78, 5) is 1.48. The number of nitrogens with one attached hydrogen (secondary N) is 1. The molecule has 0 spiro atoms. The van der Waals surface area contributed by atoms with E-state index in [0.29, 0.717) is 6.04 Å². The fraction of sp³-hybridized carbons (Fsp3) is 0.600. The van der Waals surface area contributed by atoms with Crippen molar-refractivity contribution in [3.05, 3.63) is 35.0 Å². The van der Waals surface area contributed by atoms with Crippen molar-refractivity contribution in [2.45, 2.75) is 51.5 Å². The third-order valence-corrected chi connectivity index (χ3v) is 3.93. The zero-order valence-corrected chi connectivity index (χ0v) is 11.8. The zero-order valence-electron chi connectivity index (χ0n) is 11.0. The van der Waals surface area contributed by atoms with Crippen LogP contribution in [0.3, 0.4) is 0 Å². The van der Waals surface area contributed by atoms with Crippen LogP contribution in [0, 0.1) is 0 Å². The van der Waals surface area contributed by atoms with Crippen molar-refractivity contribution in [3.8, 4) is 0 Å². The second-order valence-electron chi connectivity index (χ2n) is 4.45. The molecule has 0 aromatic carbocycles. The molecule has 0 aliphatic carbocycles. The van der Waals surface area contributed by atoms with Crippen LogP contribution in [0.5, 0.6) is 0 Å². The molecule has 0 bridgehead atoms. The quantitative estimate of drug-likeness (QED) is 0.459. The van der Waals surface area contributed by atoms with Gasteiger partial charge in [0, 0.05) is 10.9 Å². The molecule has 0 saturated heterocycles. The minimum absolute atomic E-state index is 0.569. The molecule has 1 aromatic rings. The van der Waals surface area contributed by atoms with E-state index in [-0.39, 0.29) is 0 Å². The average Bonchev–Trinajstić information content (AvgIpc) is 2.86. The van der Waals surface area contributed by atoms with E-state index in [1.807, 2.05) is 17.4 Å². The van der Waals surface area contributed by atoms with E-state index in [9.17, 15) is 0 Å². The summed E-state index contributed by atoms with van der Waals surface area (Å²) in [7, 11) is 0. The molecular weight excluding hydrogens is 226 g/mol. The van der Waals surface area contributed by atoms with Crippen LogP contribution >= 0.6 is 11.3 Å². The van der Waals surface area contributed by atoms with Gasteiger partial charge in [0.05, 0.1) is 0 Å². The van der Waals surface area contributed by atoms with Gasteiger partial charge in [0.2, 0.25) is 0 Å². The van der Waals surface area contributed by atoms with Gasteiger partial charge >= 0.3 is 0 Å². The van der Waals surface area contributed by atoms with E-state index in [1.165, 1.54) is 37.0 Å². The van der Waals surface area contributed by atoms with Crippen molar-refractivity contribution in [1.29, 1.82) is 0 Å². The highest BCUT2D eigenvalue weighted by atomic mass is 32.1. The molecular formula is C15H25NS. The highest BCUT2D eigenvalue weighted by molar-refractivity contribution is 7.10. The predicted molar refractivity (Wildman–Crippen MR) is 78.6 cm³/mol. The van der Waals surface area contributed by atoms with E-state index in [1.54, 1.807) is 0 Å². The van der Waals surface area contributed by atoms with Gasteiger partial charge in [0.15, 0.2) is 0 Å². The Bertz CT molecular complexity index is 279. The van der Waals surface area contributed by atoms with Gasteiger partial charge in [0.1, 0.15) is 0 Å². The van der Waals surface area contributed by atoms with Gasteiger partial charge in [-0.05, 0) is 43.7 Å². The summed E-state index contributed by atoms with van der Waals surface area (Å²) in [5, 5.41) is 5.85. The standard InChI is InChI=1S/C15H25NS/c1-3-5-6-7-8-12-16-14(10-4-2)15-11-9-13-17-15/h3,9,11,13-14,16H,1,4-8,10,12H2,2H3. The van der Waals surface area contributed by atoms with Crippen LogP contribution in [0.2, 0.25) is 0 Å². The maximum atomic E-state index is 3.75. The number of rotatable bonds is 10. The smallest absolute Gasteiger partial charge is 0.0414 e. The molecule has 0 radical (unpaired) electrons. The molecule has 96 valence electrons. The molecule has 0 saturated carbocycles. The number of thiophene rings is 1. The monoisotopic (exact) mass is 251 g/mol. The van der Waals surface area contributed by atoms with Crippen molar-refractivity contribution in [1.82, 2.24) is 5.32 Å². The van der Waals surface area contributed by atoms with E-state index in [0.717, 1.165) is 13.0 Å². The first-order chi connectivity index (χ1) is 8.38. The van der Waals surface area contributed by atoms with Gasteiger partial charge in [-0.1, -0.05) is 31.9 Å². The Morgan fingerprint density at radius 2 is 2.29 bits per heavy atom. The molecule has 1 nitrogen and oxygen atoms in total. The molecule has 1 N–H and O–H groups in total. The molecule has 1 aromatic heterocycles. The molecule has 1 rings (SSSR count). The fourth-order valence-electron chi connectivity index (χ4n) is 1.99. The molecule has 1 unspecified atom stereocenters. The number of hydrogen-bond acceptors (Lipinski definition) is 2. The van der Waals surface area contributed by atoms with E-state index >= 15 is 0 Å². The highest BCUT2D eigenvalue weighted by Crippen LogP contribution is 2.23. The van der Waals surface area contributed by atoms with Gasteiger partial charge in [-0.15, -0.1) is 17.9 Å². The first kappa shape index (κ1) is 14.5. The summed E-state index contributed by atoms with van der Waals surface area (Å²) in [5.74, 6) is 0. The normalized spacial score (nSPS) is 12.5. The van der Waals surface area contributed by atoms with Gasteiger partial charge in [-0.25, -0.2) is 0 Å². The van der Waals surface area contributed by atoms with Crippen LogP contribution in [0.25, 0.3) is 0 Å². The highest BCUT2D eigenvalue weighted by Gasteiger charge is 2.09. The molecule has 17 heavy (non-hydrogen) atoms. The summed E-state index contributed by atoms with van der Waals surface area (Å²) in [6.07, 6.45) is 9.52. The molecule has 1 atom stereocenters. The van der Waals surface area contributed by atoms with Gasteiger partial charge in [-0.2, -0.15) is 0 Å². The second-order valence-corrected chi connectivity index (χ2v) is 5.43. The van der Waals surface area contributed by atoms with E-state index < -0.39 is 0 Å². The van der Waals surface area contributed by atoms with Crippen LogP contribution in [0.15, 0.2) is 30.2 Å². The maximum Gasteiger partial charge on any atom is 0.0414 e. The molecule has 1 heterocycles. The zero-order chi connectivity index (χ0) is 12.3. The van der Waals surface area contributed by atoms with Crippen molar-refractivity contribution >= 4 is 11.3 Å². The van der Waals surface area contributed by atoms with Crippen molar-refractivity contribution in [2.75, 3.05) is 6.54 Å². The Hall–Kier alpha value is -0.600. The molecule has 0 aliphatic rings.